The third kappa shape index (κ3) is 11.7. The van der Waals surface area contributed by atoms with Gasteiger partial charge in [0.1, 0.15) is 29.4 Å². The molecule has 3 rings (SSSR count). The van der Waals surface area contributed by atoms with Crippen LogP contribution in [0.3, 0.4) is 0 Å². The summed E-state index contributed by atoms with van der Waals surface area (Å²) in [7, 11) is 0. The van der Waals surface area contributed by atoms with Crippen LogP contribution in [-0.4, -0.2) is 31.8 Å². The van der Waals surface area contributed by atoms with Crippen LogP contribution in [0.4, 0.5) is 11.4 Å². The van der Waals surface area contributed by atoms with E-state index in [1.807, 2.05) is 6.92 Å². The maximum Gasteiger partial charge on any atom is 0.347 e. The van der Waals surface area contributed by atoms with Gasteiger partial charge in [-0.3, -0.25) is 0 Å². The van der Waals surface area contributed by atoms with Crippen molar-refractivity contribution in [3.63, 3.8) is 0 Å². The Bertz CT molecular complexity index is 1320. The molecule has 0 aromatic heterocycles. The van der Waals surface area contributed by atoms with E-state index in [0.717, 1.165) is 25.7 Å². The number of rotatable bonds is 19. The number of azo groups is 1. The molecule has 0 fully saturated rings. The monoisotopic (exact) mass is 586 g/mol. The highest BCUT2D eigenvalue weighted by Crippen LogP contribution is 2.28. The van der Waals surface area contributed by atoms with Gasteiger partial charge in [-0.15, -0.1) is 0 Å². The van der Waals surface area contributed by atoms with Gasteiger partial charge < -0.3 is 18.9 Å². The normalized spacial score (nSPS) is 10.8. The molecular weight excluding hydrogens is 544 g/mol. The van der Waals surface area contributed by atoms with E-state index in [1.165, 1.54) is 25.7 Å². The van der Waals surface area contributed by atoms with Crippen molar-refractivity contribution in [2.45, 2.75) is 65.2 Å². The van der Waals surface area contributed by atoms with Gasteiger partial charge in [-0.25, -0.2) is 9.59 Å². The zero-order valence-electron chi connectivity index (χ0n) is 25.3. The average Bonchev–Trinajstić information content (AvgIpc) is 3.03. The van der Waals surface area contributed by atoms with Crippen molar-refractivity contribution < 1.29 is 28.5 Å². The second kappa shape index (κ2) is 18.9. The molecule has 8 nitrogen and oxygen atoms in total. The Labute approximate surface area is 254 Å². The Balaban J connectivity index is 1.55. The highest BCUT2D eigenvalue weighted by molar-refractivity contribution is 5.94. The number of unbranched alkanes of at least 4 members (excludes halogenated alkanes) is 6. The van der Waals surface area contributed by atoms with Crippen LogP contribution in [0.5, 0.6) is 17.2 Å². The molecule has 0 aliphatic carbocycles. The molecule has 0 N–H and O–H groups in total. The predicted molar refractivity (Wildman–Crippen MR) is 168 cm³/mol. The first-order valence-corrected chi connectivity index (χ1v) is 15.1. The minimum Gasteiger partial charge on any atom is -0.493 e. The molecule has 0 unspecified atom stereocenters. The van der Waals surface area contributed by atoms with Crippen molar-refractivity contribution in [3.05, 3.63) is 90.5 Å². The van der Waals surface area contributed by atoms with Crippen molar-refractivity contribution >= 4 is 23.3 Å². The number of hydrogen-bond acceptors (Lipinski definition) is 8. The minimum absolute atomic E-state index is 0.243. The van der Waals surface area contributed by atoms with E-state index in [1.54, 1.807) is 72.8 Å². The molecule has 0 bridgehead atoms. The molecule has 0 saturated carbocycles. The summed E-state index contributed by atoms with van der Waals surface area (Å²) in [4.78, 5) is 25.0. The highest BCUT2D eigenvalue weighted by atomic mass is 16.5. The van der Waals surface area contributed by atoms with Crippen molar-refractivity contribution in [2.75, 3.05) is 19.8 Å². The third-order valence-corrected chi connectivity index (χ3v) is 6.46. The lowest BCUT2D eigenvalue weighted by molar-refractivity contribution is 0.0499. The van der Waals surface area contributed by atoms with E-state index in [2.05, 4.69) is 23.7 Å². The van der Waals surface area contributed by atoms with E-state index in [9.17, 15) is 9.59 Å². The molecule has 228 valence electrons. The van der Waals surface area contributed by atoms with Gasteiger partial charge in [0.05, 0.1) is 30.2 Å². The summed E-state index contributed by atoms with van der Waals surface area (Å²) in [6.45, 7) is 9.20. The van der Waals surface area contributed by atoms with Gasteiger partial charge in [0, 0.05) is 6.07 Å². The Morgan fingerprint density at radius 1 is 0.698 bits per heavy atom. The molecule has 0 heterocycles. The van der Waals surface area contributed by atoms with E-state index in [-0.39, 0.29) is 18.1 Å². The molecule has 3 aromatic carbocycles. The van der Waals surface area contributed by atoms with Crippen LogP contribution in [-0.2, 0) is 4.74 Å². The standard InChI is InChI=1S/C35H42N2O6/c1-4-7-9-10-11-12-25-40-31-21-22-32(33(26-31)41-23-6-3)35(39)43-30-19-17-29(18-20-30)37-36-28-15-13-27(14-16-28)34(38)42-24-8-5-2/h6,13-22,26H,3-5,7-12,23-25H2,1-2H3. The lowest BCUT2D eigenvalue weighted by Gasteiger charge is -2.13. The number of benzene rings is 3. The summed E-state index contributed by atoms with van der Waals surface area (Å²) in [5, 5.41) is 8.43. The number of carbonyl (C=O) groups excluding carboxylic acids is 2. The maximum absolute atomic E-state index is 13.0. The molecule has 0 aliphatic heterocycles. The molecule has 3 aromatic rings. The van der Waals surface area contributed by atoms with Gasteiger partial charge in [-0.1, -0.05) is 65.0 Å². The maximum atomic E-state index is 13.0. The van der Waals surface area contributed by atoms with Gasteiger partial charge >= 0.3 is 11.9 Å². The second-order valence-corrected chi connectivity index (χ2v) is 9.99. The number of ether oxygens (including phenoxy) is 4. The number of nitrogens with zero attached hydrogens (tertiary/aromatic N) is 2. The fourth-order valence-electron chi connectivity index (χ4n) is 4.02. The van der Waals surface area contributed by atoms with E-state index in [4.69, 9.17) is 18.9 Å². The van der Waals surface area contributed by atoms with Gasteiger partial charge in [0.15, 0.2) is 0 Å². The second-order valence-electron chi connectivity index (χ2n) is 9.99. The van der Waals surface area contributed by atoms with E-state index >= 15 is 0 Å². The van der Waals surface area contributed by atoms with Crippen molar-refractivity contribution in [1.82, 2.24) is 0 Å². The molecule has 0 spiro atoms. The molecule has 43 heavy (non-hydrogen) atoms. The Kier molecular flexibility index (Phi) is 14.5. The van der Waals surface area contributed by atoms with Crippen LogP contribution in [0.2, 0.25) is 0 Å². The number of carbonyl (C=O) groups is 2. The largest absolute Gasteiger partial charge is 0.493 e. The van der Waals surface area contributed by atoms with Gasteiger partial charge in [0.2, 0.25) is 0 Å². The van der Waals surface area contributed by atoms with Crippen molar-refractivity contribution in [3.8, 4) is 17.2 Å². The lowest BCUT2D eigenvalue weighted by atomic mass is 10.1. The van der Waals surface area contributed by atoms with E-state index < -0.39 is 5.97 Å². The third-order valence-electron chi connectivity index (χ3n) is 6.46. The lowest BCUT2D eigenvalue weighted by Crippen LogP contribution is -2.11. The Morgan fingerprint density at radius 3 is 2.00 bits per heavy atom. The van der Waals surface area contributed by atoms with Crippen LogP contribution in [0.25, 0.3) is 0 Å². The molecular formula is C35H42N2O6. The summed E-state index contributed by atoms with van der Waals surface area (Å²) in [5.41, 5.74) is 1.92. The Morgan fingerprint density at radius 2 is 1.33 bits per heavy atom. The summed E-state index contributed by atoms with van der Waals surface area (Å²) in [5.74, 6) is 0.461. The van der Waals surface area contributed by atoms with Crippen LogP contribution in [0.1, 0.15) is 85.9 Å². The highest BCUT2D eigenvalue weighted by Gasteiger charge is 2.17. The first-order valence-electron chi connectivity index (χ1n) is 15.1. The SMILES string of the molecule is C=CCOc1cc(OCCCCCCCC)ccc1C(=O)Oc1ccc(N=Nc2ccc(C(=O)OCCCC)cc2)cc1. The number of hydrogen-bond donors (Lipinski definition) is 0. The average molecular weight is 587 g/mol. The summed E-state index contributed by atoms with van der Waals surface area (Å²) in [6.07, 6.45) is 10.5. The van der Waals surface area contributed by atoms with Crippen molar-refractivity contribution in [2.24, 2.45) is 10.2 Å². The molecule has 0 amide bonds. The molecule has 0 aliphatic rings. The number of esters is 2. The van der Waals surface area contributed by atoms with Crippen LogP contribution >= 0.6 is 0 Å². The zero-order chi connectivity index (χ0) is 30.7. The van der Waals surface area contributed by atoms with Gasteiger partial charge in [-0.2, -0.15) is 10.2 Å². The fourth-order valence-corrected chi connectivity index (χ4v) is 4.02. The molecule has 8 heteroatoms. The minimum atomic E-state index is -0.552. The first kappa shape index (κ1) is 33.0. The van der Waals surface area contributed by atoms with Crippen LogP contribution < -0.4 is 14.2 Å². The Hall–Kier alpha value is -4.46. The van der Waals surface area contributed by atoms with Gasteiger partial charge in [-0.05, 0) is 73.5 Å². The molecule has 0 atom stereocenters. The first-order chi connectivity index (χ1) is 21.0. The predicted octanol–water partition coefficient (Wildman–Crippen LogP) is 9.58. The smallest absolute Gasteiger partial charge is 0.347 e. The van der Waals surface area contributed by atoms with Crippen LogP contribution in [0, 0.1) is 0 Å². The van der Waals surface area contributed by atoms with E-state index in [0.29, 0.717) is 47.4 Å². The molecule has 0 radical (unpaired) electrons. The zero-order valence-corrected chi connectivity index (χ0v) is 25.3. The van der Waals surface area contributed by atoms with Gasteiger partial charge in [0.25, 0.3) is 0 Å². The fraction of sp³-hybridized carbons (Fsp3) is 0.371. The summed E-state index contributed by atoms with van der Waals surface area (Å²) >= 11 is 0. The quantitative estimate of drug-likeness (QED) is 0.0456. The molecule has 0 saturated heterocycles. The summed E-state index contributed by atoms with van der Waals surface area (Å²) in [6, 6.07) is 18.5. The van der Waals surface area contributed by atoms with Crippen molar-refractivity contribution in [1.29, 1.82) is 0 Å². The summed E-state index contributed by atoms with van der Waals surface area (Å²) < 4.78 is 22.4. The topological polar surface area (TPSA) is 95.8 Å². The van der Waals surface area contributed by atoms with Crippen LogP contribution in [0.15, 0.2) is 89.6 Å².